The topological polar surface area (TPSA) is 41.5 Å². The normalized spacial score (nSPS) is 12.3. The van der Waals surface area contributed by atoms with Gasteiger partial charge in [-0.15, -0.1) is 0 Å². The maximum absolute atomic E-state index is 12.1. The molecule has 0 fully saturated rings. The Labute approximate surface area is 116 Å². The van der Waals surface area contributed by atoms with E-state index in [-0.39, 0.29) is 5.91 Å². The lowest BCUT2D eigenvalue weighted by atomic mass is 9.95. The van der Waals surface area contributed by atoms with Crippen LogP contribution < -0.4 is 5.32 Å². The lowest BCUT2D eigenvalue weighted by Crippen LogP contribution is -2.39. The van der Waals surface area contributed by atoms with E-state index >= 15 is 0 Å². The Hall–Kier alpha value is -1.64. The Morgan fingerprint density at radius 1 is 1.21 bits per heavy atom. The summed E-state index contributed by atoms with van der Waals surface area (Å²) in [6.07, 6.45) is 2.13. The minimum absolute atomic E-state index is 0.00778. The monoisotopic (exact) mass is 260 g/mol. The van der Waals surface area contributed by atoms with Gasteiger partial charge in [0.25, 0.3) is 0 Å². The highest BCUT2D eigenvalue weighted by atomic mass is 16.2. The van der Waals surface area contributed by atoms with Crippen molar-refractivity contribution in [3.63, 3.8) is 0 Å². The summed E-state index contributed by atoms with van der Waals surface area (Å²) in [4.78, 5) is 16.6. The van der Waals surface area contributed by atoms with Gasteiger partial charge in [-0.1, -0.05) is 64.4 Å². The summed E-state index contributed by atoms with van der Waals surface area (Å²) in [7, 11) is 0. The molecule has 0 atom stereocenters. The fourth-order valence-corrected chi connectivity index (χ4v) is 1.44. The van der Waals surface area contributed by atoms with E-state index in [1.165, 1.54) is 0 Å². The largest absolute Gasteiger partial charge is 0.310 e. The molecule has 3 heteroatoms. The molecule has 1 amide bonds. The molecule has 0 spiro atoms. The molecular formula is C16H24N2O. The number of nitrogens with zero attached hydrogens (tertiary/aromatic N) is 1. The van der Waals surface area contributed by atoms with Gasteiger partial charge in [0, 0.05) is 17.5 Å². The molecule has 0 aromatic heterocycles. The summed E-state index contributed by atoms with van der Waals surface area (Å²) >= 11 is 0. The van der Waals surface area contributed by atoms with Crippen molar-refractivity contribution in [2.24, 2.45) is 10.4 Å². The summed E-state index contributed by atoms with van der Waals surface area (Å²) in [5.74, 6) is 0.667. The number of aliphatic imine (C=N–C) groups is 1. The average Bonchev–Trinajstić information content (AvgIpc) is 2.37. The van der Waals surface area contributed by atoms with Crippen LogP contribution in [0.3, 0.4) is 0 Å². The third-order valence-electron chi connectivity index (χ3n) is 2.74. The number of amides is 1. The predicted molar refractivity (Wildman–Crippen MR) is 80.4 cm³/mol. The first-order valence-electron chi connectivity index (χ1n) is 6.86. The van der Waals surface area contributed by atoms with Crippen LogP contribution in [0.2, 0.25) is 0 Å². The number of nitrogens with one attached hydrogen (secondary N) is 1. The van der Waals surface area contributed by atoms with E-state index in [0.29, 0.717) is 5.84 Å². The molecular weight excluding hydrogens is 236 g/mol. The second-order valence-electron chi connectivity index (χ2n) is 5.65. The van der Waals surface area contributed by atoms with Crippen molar-refractivity contribution in [1.29, 1.82) is 0 Å². The van der Waals surface area contributed by atoms with Crippen LogP contribution in [0.15, 0.2) is 35.3 Å². The van der Waals surface area contributed by atoms with Gasteiger partial charge in [-0.05, 0) is 6.42 Å². The van der Waals surface area contributed by atoms with Crippen LogP contribution >= 0.6 is 0 Å². The molecule has 1 rings (SSSR count). The van der Waals surface area contributed by atoms with Crippen molar-refractivity contribution in [2.45, 2.75) is 40.5 Å². The van der Waals surface area contributed by atoms with Gasteiger partial charge in [0.05, 0.1) is 0 Å². The van der Waals surface area contributed by atoms with Gasteiger partial charge in [-0.25, -0.2) is 0 Å². The van der Waals surface area contributed by atoms with Crippen molar-refractivity contribution in [3.05, 3.63) is 35.9 Å². The zero-order valence-corrected chi connectivity index (χ0v) is 12.4. The summed E-state index contributed by atoms with van der Waals surface area (Å²) in [6, 6.07) is 9.79. The predicted octanol–water partition coefficient (Wildman–Crippen LogP) is 3.40. The Balaban J connectivity index is 2.88. The number of hydrogen-bond acceptors (Lipinski definition) is 2. The van der Waals surface area contributed by atoms with Gasteiger partial charge < -0.3 is 5.32 Å². The molecule has 104 valence electrons. The van der Waals surface area contributed by atoms with Crippen molar-refractivity contribution in [2.75, 3.05) is 6.54 Å². The Bertz CT molecular complexity index is 430. The molecule has 0 aliphatic carbocycles. The van der Waals surface area contributed by atoms with E-state index in [0.717, 1.165) is 24.9 Å². The van der Waals surface area contributed by atoms with Crippen molar-refractivity contribution in [3.8, 4) is 0 Å². The second-order valence-corrected chi connectivity index (χ2v) is 5.65. The van der Waals surface area contributed by atoms with Gasteiger partial charge in [0.2, 0.25) is 5.91 Å². The fourth-order valence-electron chi connectivity index (χ4n) is 1.44. The van der Waals surface area contributed by atoms with Crippen LogP contribution in [-0.4, -0.2) is 18.3 Å². The molecule has 0 bridgehead atoms. The highest BCUT2D eigenvalue weighted by molar-refractivity contribution is 6.09. The van der Waals surface area contributed by atoms with E-state index in [1.54, 1.807) is 0 Å². The van der Waals surface area contributed by atoms with Crippen LogP contribution in [0.25, 0.3) is 0 Å². The molecule has 0 saturated carbocycles. The minimum Gasteiger partial charge on any atom is -0.310 e. The van der Waals surface area contributed by atoms with Gasteiger partial charge in [0.1, 0.15) is 5.84 Å². The molecule has 1 N–H and O–H groups in total. The van der Waals surface area contributed by atoms with E-state index in [4.69, 9.17) is 0 Å². The number of carbonyl (C=O) groups is 1. The smallest absolute Gasteiger partial charge is 0.230 e. The first-order chi connectivity index (χ1) is 8.95. The lowest BCUT2D eigenvalue weighted by molar-refractivity contribution is -0.126. The molecule has 1 aromatic carbocycles. The minimum atomic E-state index is -0.416. The highest BCUT2D eigenvalue weighted by Gasteiger charge is 2.22. The maximum atomic E-state index is 12.1. The maximum Gasteiger partial charge on any atom is 0.230 e. The number of rotatable bonds is 4. The molecule has 3 nitrogen and oxygen atoms in total. The first kappa shape index (κ1) is 15.4. The quantitative estimate of drug-likeness (QED) is 0.503. The standard InChI is InChI=1S/C16H24N2O/c1-5-6-12-17-14(13-10-8-7-9-11-13)18-15(19)16(2,3)4/h7-11H,5-6,12H2,1-4H3,(H,17,18,19). The summed E-state index contributed by atoms with van der Waals surface area (Å²) in [6.45, 7) is 8.57. The van der Waals surface area contributed by atoms with Gasteiger partial charge in [0.15, 0.2) is 0 Å². The fraction of sp³-hybridized carbons (Fsp3) is 0.500. The molecule has 0 unspecified atom stereocenters. The molecule has 1 aromatic rings. The van der Waals surface area contributed by atoms with Crippen molar-refractivity contribution >= 4 is 11.7 Å². The zero-order chi connectivity index (χ0) is 14.3. The molecule has 0 heterocycles. The van der Waals surface area contributed by atoms with E-state index in [9.17, 15) is 4.79 Å². The average molecular weight is 260 g/mol. The Morgan fingerprint density at radius 2 is 1.84 bits per heavy atom. The van der Waals surface area contributed by atoms with Crippen LogP contribution in [0.5, 0.6) is 0 Å². The number of benzene rings is 1. The SMILES string of the molecule is CCCC/N=C(/NC(=O)C(C)(C)C)c1ccccc1. The highest BCUT2D eigenvalue weighted by Crippen LogP contribution is 2.13. The van der Waals surface area contributed by atoms with Gasteiger partial charge >= 0.3 is 0 Å². The number of amidine groups is 1. The van der Waals surface area contributed by atoms with Crippen LogP contribution in [0.4, 0.5) is 0 Å². The van der Waals surface area contributed by atoms with Crippen molar-refractivity contribution in [1.82, 2.24) is 5.32 Å². The third-order valence-corrected chi connectivity index (χ3v) is 2.74. The second kappa shape index (κ2) is 7.07. The van der Waals surface area contributed by atoms with Gasteiger partial charge in [-0.3, -0.25) is 9.79 Å². The summed E-state index contributed by atoms with van der Waals surface area (Å²) in [5.41, 5.74) is 0.538. The molecule has 0 aliphatic rings. The Morgan fingerprint density at radius 3 is 2.37 bits per heavy atom. The molecule has 0 radical (unpaired) electrons. The van der Waals surface area contributed by atoms with Gasteiger partial charge in [-0.2, -0.15) is 0 Å². The van der Waals surface area contributed by atoms with Crippen LogP contribution in [-0.2, 0) is 4.79 Å². The van der Waals surface area contributed by atoms with Crippen LogP contribution in [0, 0.1) is 5.41 Å². The number of carbonyl (C=O) groups excluding carboxylic acids is 1. The summed E-state index contributed by atoms with van der Waals surface area (Å²) in [5, 5.41) is 2.94. The number of hydrogen-bond donors (Lipinski definition) is 1. The first-order valence-corrected chi connectivity index (χ1v) is 6.86. The summed E-state index contributed by atoms with van der Waals surface area (Å²) < 4.78 is 0. The Kier molecular flexibility index (Phi) is 5.74. The number of unbranched alkanes of at least 4 members (excludes halogenated alkanes) is 1. The van der Waals surface area contributed by atoms with E-state index in [2.05, 4.69) is 17.2 Å². The van der Waals surface area contributed by atoms with Crippen LogP contribution in [0.1, 0.15) is 46.1 Å². The molecule has 0 aliphatic heterocycles. The van der Waals surface area contributed by atoms with Crippen molar-refractivity contribution < 1.29 is 4.79 Å². The molecule has 0 saturated heterocycles. The van der Waals surface area contributed by atoms with E-state index < -0.39 is 5.41 Å². The molecule has 19 heavy (non-hydrogen) atoms. The van der Waals surface area contributed by atoms with E-state index in [1.807, 2.05) is 51.1 Å². The zero-order valence-electron chi connectivity index (χ0n) is 12.4. The lowest BCUT2D eigenvalue weighted by Gasteiger charge is -2.19. The third kappa shape index (κ3) is 5.25.